The van der Waals surface area contributed by atoms with Crippen LogP contribution >= 0.6 is 0 Å². The van der Waals surface area contributed by atoms with Gasteiger partial charge in [0, 0.05) is 36.1 Å². The normalized spacial score (nSPS) is 15.6. The summed E-state index contributed by atoms with van der Waals surface area (Å²) in [6.07, 6.45) is 0.716. The van der Waals surface area contributed by atoms with Crippen molar-refractivity contribution in [3.63, 3.8) is 0 Å². The summed E-state index contributed by atoms with van der Waals surface area (Å²) in [6.45, 7) is 4.71. The largest absolute Gasteiger partial charge is 0.358 e. The molecule has 24 heavy (non-hydrogen) atoms. The van der Waals surface area contributed by atoms with E-state index in [1.165, 1.54) is 0 Å². The molecular formula is C19H20N2O2S. The van der Waals surface area contributed by atoms with Crippen LogP contribution in [0.5, 0.6) is 0 Å². The third kappa shape index (κ3) is 2.36. The highest BCUT2D eigenvalue weighted by Gasteiger charge is 2.31. The number of nitrogens with one attached hydrogen (secondary N) is 1. The van der Waals surface area contributed by atoms with Gasteiger partial charge in [-0.05, 0) is 42.7 Å². The van der Waals surface area contributed by atoms with Gasteiger partial charge in [0.15, 0.2) is 0 Å². The molecule has 0 atom stereocenters. The van der Waals surface area contributed by atoms with Gasteiger partial charge in [-0.15, -0.1) is 0 Å². The molecule has 3 aromatic rings. The number of benzene rings is 2. The Bertz CT molecular complexity index is 1030. The molecule has 2 aromatic carbocycles. The van der Waals surface area contributed by atoms with Crippen LogP contribution in [0.15, 0.2) is 47.4 Å². The molecule has 5 heteroatoms. The first-order chi connectivity index (χ1) is 11.5. The Hall–Kier alpha value is -2.11. The van der Waals surface area contributed by atoms with Gasteiger partial charge in [0.05, 0.1) is 4.90 Å². The molecule has 0 bridgehead atoms. The predicted molar refractivity (Wildman–Crippen MR) is 95.5 cm³/mol. The Kier molecular flexibility index (Phi) is 3.51. The van der Waals surface area contributed by atoms with E-state index in [-0.39, 0.29) is 0 Å². The lowest BCUT2D eigenvalue weighted by Gasteiger charge is -2.27. The summed E-state index contributed by atoms with van der Waals surface area (Å²) in [5.41, 5.74) is 5.09. The molecule has 0 saturated carbocycles. The molecule has 1 aliphatic rings. The van der Waals surface area contributed by atoms with E-state index >= 15 is 0 Å². The molecule has 0 saturated heterocycles. The van der Waals surface area contributed by atoms with Gasteiger partial charge in [0.2, 0.25) is 10.0 Å². The van der Waals surface area contributed by atoms with Gasteiger partial charge >= 0.3 is 0 Å². The van der Waals surface area contributed by atoms with E-state index in [1.54, 1.807) is 10.4 Å². The molecule has 0 spiro atoms. The van der Waals surface area contributed by atoms with Crippen LogP contribution < -0.4 is 0 Å². The monoisotopic (exact) mass is 340 g/mol. The number of fused-ring (bicyclic) bond motifs is 3. The minimum atomic E-state index is -3.49. The fourth-order valence-electron chi connectivity index (χ4n) is 3.47. The van der Waals surface area contributed by atoms with Crippen molar-refractivity contribution in [2.45, 2.75) is 31.7 Å². The first kappa shape index (κ1) is 15.4. The fourth-order valence-corrected chi connectivity index (χ4v) is 5.19. The van der Waals surface area contributed by atoms with E-state index in [4.69, 9.17) is 0 Å². The highest BCUT2D eigenvalue weighted by Crippen LogP contribution is 2.31. The predicted octanol–water partition coefficient (Wildman–Crippen LogP) is 3.53. The van der Waals surface area contributed by atoms with Gasteiger partial charge < -0.3 is 4.98 Å². The van der Waals surface area contributed by atoms with Crippen LogP contribution in [0.1, 0.15) is 22.4 Å². The molecule has 1 aromatic heterocycles. The van der Waals surface area contributed by atoms with Crippen molar-refractivity contribution >= 4 is 20.9 Å². The minimum absolute atomic E-state index is 0.422. The van der Waals surface area contributed by atoms with E-state index in [2.05, 4.69) is 11.1 Å². The maximum Gasteiger partial charge on any atom is 0.243 e. The number of sulfonamides is 1. The molecule has 124 valence electrons. The smallest absolute Gasteiger partial charge is 0.243 e. The van der Waals surface area contributed by atoms with Gasteiger partial charge in [-0.3, -0.25) is 0 Å². The van der Waals surface area contributed by atoms with E-state index in [0.717, 1.165) is 33.3 Å². The van der Waals surface area contributed by atoms with Crippen LogP contribution in [0, 0.1) is 13.8 Å². The third-order valence-corrected chi connectivity index (χ3v) is 6.80. The first-order valence-corrected chi connectivity index (χ1v) is 9.57. The number of rotatable bonds is 2. The first-order valence-electron chi connectivity index (χ1n) is 8.12. The van der Waals surface area contributed by atoms with Crippen LogP contribution in [-0.4, -0.2) is 24.3 Å². The summed E-state index contributed by atoms with van der Waals surface area (Å²) >= 11 is 0. The van der Waals surface area contributed by atoms with Crippen molar-refractivity contribution in [2.24, 2.45) is 0 Å². The number of hydrogen-bond donors (Lipinski definition) is 1. The summed E-state index contributed by atoms with van der Waals surface area (Å²) < 4.78 is 27.9. The second kappa shape index (κ2) is 5.46. The molecule has 0 aliphatic carbocycles. The Morgan fingerprint density at radius 1 is 1.08 bits per heavy atom. The van der Waals surface area contributed by atoms with E-state index in [1.807, 2.05) is 44.2 Å². The van der Waals surface area contributed by atoms with Crippen LogP contribution in [0.4, 0.5) is 0 Å². The van der Waals surface area contributed by atoms with E-state index < -0.39 is 10.0 Å². The van der Waals surface area contributed by atoms with Crippen molar-refractivity contribution in [1.82, 2.24) is 9.29 Å². The Balaban J connectivity index is 1.77. The number of para-hydroxylation sites is 1. The zero-order valence-electron chi connectivity index (χ0n) is 13.8. The zero-order valence-corrected chi connectivity index (χ0v) is 14.7. The molecule has 0 radical (unpaired) electrons. The number of aromatic nitrogens is 1. The molecular weight excluding hydrogens is 320 g/mol. The second-order valence-electron chi connectivity index (χ2n) is 6.49. The molecule has 0 amide bonds. The number of hydrogen-bond acceptors (Lipinski definition) is 2. The lowest BCUT2D eigenvalue weighted by atomic mass is 10.1. The summed E-state index contributed by atoms with van der Waals surface area (Å²) in [4.78, 5) is 3.85. The van der Waals surface area contributed by atoms with Crippen LogP contribution in [0.2, 0.25) is 0 Å². The lowest BCUT2D eigenvalue weighted by molar-refractivity contribution is 0.391. The Morgan fingerprint density at radius 2 is 1.88 bits per heavy atom. The Morgan fingerprint density at radius 3 is 2.71 bits per heavy atom. The SMILES string of the molecule is Cc1ccc(C)c(S(=O)(=O)N2CCc3[nH]c4ccccc4c3C2)c1. The van der Waals surface area contributed by atoms with Gasteiger partial charge in [-0.1, -0.05) is 30.3 Å². The fraction of sp³-hybridized carbons (Fsp3) is 0.263. The average Bonchev–Trinajstić information content (AvgIpc) is 2.94. The summed E-state index contributed by atoms with van der Waals surface area (Å²) in [5, 5.41) is 1.12. The van der Waals surface area contributed by atoms with Gasteiger partial charge in [0.1, 0.15) is 0 Å². The molecule has 1 aliphatic heterocycles. The standard InChI is InChI=1S/C19H20N2O2S/c1-13-7-8-14(2)19(11-13)24(22,23)21-10-9-18-16(12-21)15-5-3-4-6-17(15)20-18/h3-8,11,20H,9-10,12H2,1-2H3. The minimum Gasteiger partial charge on any atom is -0.358 e. The van der Waals surface area contributed by atoms with Gasteiger partial charge in [-0.2, -0.15) is 4.31 Å². The molecule has 0 unspecified atom stereocenters. The highest BCUT2D eigenvalue weighted by atomic mass is 32.2. The van der Waals surface area contributed by atoms with Crippen molar-refractivity contribution in [3.05, 3.63) is 64.8 Å². The van der Waals surface area contributed by atoms with Gasteiger partial charge in [-0.25, -0.2) is 8.42 Å². The average molecular weight is 340 g/mol. The van der Waals surface area contributed by atoms with Crippen molar-refractivity contribution in [1.29, 1.82) is 0 Å². The molecule has 1 N–H and O–H groups in total. The maximum atomic E-state index is 13.1. The number of nitrogens with zero attached hydrogens (tertiary/aromatic N) is 1. The van der Waals surface area contributed by atoms with E-state index in [9.17, 15) is 8.42 Å². The third-order valence-electron chi connectivity index (χ3n) is 4.81. The topological polar surface area (TPSA) is 53.2 Å². The zero-order chi connectivity index (χ0) is 16.9. The maximum absolute atomic E-state index is 13.1. The van der Waals surface area contributed by atoms with E-state index in [0.29, 0.717) is 24.4 Å². The molecule has 0 fully saturated rings. The van der Waals surface area contributed by atoms with Crippen molar-refractivity contribution in [3.8, 4) is 0 Å². The summed E-state index contributed by atoms with van der Waals surface area (Å²) in [6, 6.07) is 13.7. The molecule has 4 nitrogen and oxygen atoms in total. The van der Waals surface area contributed by atoms with Crippen molar-refractivity contribution in [2.75, 3.05) is 6.54 Å². The Labute approximate surface area is 142 Å². The van der Waals surface area contributed by atoms with Crippen LogP contribution in [-0.2, 0) is 23.0 Å². The quantitative estimate of drug-likeness (QED) is 0.776. The molecule has 2 heterocycles. The van der Waals surface area contributed by atoms with Crippen molar-refractivity contribution < 1.29 is 8.42 Å². The summed E-state index contributed by atoms with van der Waals surface area (Å²) in [7, 11) is -3.49. The number of aromatic amines is 1. The summed E-state index contributed by atoms with van der Waals surface area (Å²) in [5.74, 6) is 0. The molecule has 4 rings (SSSR count). The van der Waals surface area contributed by atoms with Crippen LogP contribution in [0.3, 0.4) is 0 Å². The van der Waals surface area contributed by atoms with Gasteiger partial charge in [0.25, 0.3) is 0 Å². The number of H-pyrrole nitrogens is 1. The lowest BCUT2D eigenvalue weighted by Crippen LogP contribution is -2.36. The van der Waals surface area contributed by atoms with Crippen LogP contribution in [0.25, 0.3) is 10.9 Å². The number of aryl methyl sites for hydroxylation is 2. The highest BCUT2D eigenvalue weighted by molar-refractivity contribution is 7.89. The second-order valence-corrected chi connectivity index (χ2v) is 8.39.